The summed E-state index contributed by atoms with van der Waals surface area (Å²) in [5.74, 6) is 1.04. The van der Waals surface area contributed by atoms with Gasteiger partial charge in [-0.1, -0.05) is 36.4 Å². The van der Waals surface area contributed by atoms with Gasteiger partial charge in [-0.15, -0.1) is 0 Å². The zero-order chi connectivity index (χ0) is 18.4. The summed E-state index contributed by atoms with van der Waals surface area (Å²) in [5, 5.41) is 5.27. The molecule has 1 aliphatic heterocycles. The molecule has 1 heterocycles. The van der Waals surface area contributed by atoms with E-state index in [4.69, 9.17) is 14.2 Å². The Kier molecular flexibility index (Phi) is 5.58. The predicted octanol–water partition coefficient (Wildman–Crippen LogP) is 2.35. The van der Waals surface area contributed by atoms with Crippen molar-refractivity contribution in [1.29, 1.82) is 0 Å². The van der Waals surface area contributed by atoms with Gasteiger partial charge in [0.15, 0.2) is 11.5 Å². The monoisotopic (exact) mass is 356 g/mol. The quantitative estimate of drug-likeness (QED) is 0.830. The number of alkyl carbamates (subject to hydrolysis) is 1. The Morgan fingerprint density at radius 1 is 1.08 bits per heavy atom. The Morgan fingerprint density at radius 3 is 2.65 bits per heavy atom. The molecule has 2 amide bonds. The van der Waals surface area contributed by atoms with Crippen LogP contribution >= 0.6 is 0 Å². The lowest BCUT2D eigenvalue weighted by Gasteiger charge is -2.14. The number of carbonyl (C=O) groups is 2. The lowest BCUT2D eigenvalue weighted by atomic mass is 10.2. The minimum absolute atomic E-state index is 0.151. The van der Waals surface area contributed by atoms with Gasteiger partial charge in [-0.3, -0.25) is 4.79 Å². The summed E-state index contributed by atoms with van der Waals surface area (Å²) >= 11 is 0. The molecule has 0 aromatic heterocycles. The van der Waals surface area contributed by atoms with Crippen molar-refractivity contribution >= 4 is 12.0 Å². The van der Waals surface area contributed by atoms with Gasteiger partial charge in [-0.2, -0.15) is 0 Å². The van der Waals surface area contributed by atoms with Gasteiger partial charge in [-0.05, 0) is 30.2 Å². The average Bonchev–Trinajstić information content (AvgIpc) is 3.13. The van der Waals surface area contributed by atoms with Crippen molar-refractivity contribution in [2.24, 2.45) is 0 Å². The van der Waals surface area contributed by atoms with Crippen LogP contribution in [0.1, 0.15) is 18.1 Å². The lowest BCUT2D eigenvalue weighted by Crippen LogP contribution is -2.44. The molecule has 7 nitrogen and oxygen atoms in total. The Bertz CT molecular complexity index is 779. The highest BCUT2D eigenvalue weighted by atomic mass is 16.7. The third-order valence-corrected chi connectivity index (χ3v) is 3.84. The number of carbonyl (C=O) groups excluding carboxylic acids is 2. The van der Waals surface area contributed by atoms with Crippen molar-refractivity contribution < 1.29 is 23.8 Å². The minimum Gasteiger partial charge on any atom is -0.454 e. The van der Waals surface area contributed by atoms with Crippen molar-refractivity contribution in [3.05, 3.63) is 59.7 Å². The summed E-state index contributed by atoms with van der Waals surface area (Å²) in [7, 11) is 0. The lowest BCUT2D eigenvalue weighted by molar-refractivity contribution is -0.122. The zero-order valence-corrected chi connectivity index (χ0v) is 14.4. The largest absolute Gasteiger partial charge is 0.454 e. The minimum atomic E-state index is -0.715. The Hall–Kier alpha value is -3.22. The van der Waals surface area contributed by atoms with Crippen LogP contribution in [0.25, 0.3) is 0 Å². The first-order valence-electron chi connectivity index (χ1n) is 8.25. The van der Waals surface area contributed by atoms with E-state index in [0.29, 0.717) is 18.0 Å². The van der Waals surface area contributed by atoms with Gasteiger partial charge >= 0.3 is 6.09 Å². The van der Waals surface area contributed by atoms with Gasteiger partial charge in [-0.25, -0.2) is 4.79 Å². The number of nitrogens with one attached hydrogen (secondary N) is 2. The molecular weight excluding hydrogens is 336 g/mol. The molecule has 0 saturated heterocycles. The van der Waals surface area contributed by atoms with Crippen LogP contribution in [-0.2, 0) is 22.7 Å². The molecule has 0 aliphatic carbocycles. The normalized spacial score (nSPS) is 13.0. The molecule has 0 unspecified atom stereocenters. The number of amides is 2. The standard InChI is InChI=1S/C19H20N2O5/c1-13(21-19(23)24-11-14-5-3-2-4-6-14)18(22)20-10-15-7-8-16-17(9-15)26-12-25-16/h2-9,13H,10-12H2,1H3,(H,20,22)(H,21,23)/t13-/m1/s1. The van der Waals surface area contributed by atoms with Crippen LogP contribution in [0, 0.1) is 0 Å². The SMILES string of the molecule is C[C@@H](NC(=O)OCc1ccccc1)C(=O)NCc1ccc2c(c1)OCO2. The van der Waals surface area contributed by atoms with Crippen LogP contribution in [0.2, 0.25) is 0 Å². The summed E-state index contributed by atoms with van der Waals surface area (Å²) in [4.78, 5) is 23.9. The van der Waals surface area contributed by atoms with E-state index in [2.05, 4.69) is 10.6 Å². The first-order valence-corrected chi connectivity index (χ1v) is 8.25. The number of ether oxygens (including phenoxy) is 3. The number of hydrogen-bond acceptors (Lipinski definition) is 5. The number of hydrogen-bond donors (Lipinski definition) is 2. The Labute approximate surface area is 151 Å². The van der Waals surface area contributed by atoms with Crippen molar-refractivity contribution in [3.63, 3.8) is 0 Å². The third kappa shape index (κ3) is 4.66. The van der Waals surface area contributed by atoms with Crippen LogP contribution in [-0.4, -0.2) is 24.8 Å². The molecule has 2 aromatic rings. The molecule has 0 radical (unpaired) electrons. The van der Waals surface area contributed by atoms with Crippen LogP contribution in [0.4, 0.5) is 4.79 Å². The van der Waals surface area contributed by atoms with E-state index in [1.54, 1.807) is 13.0 Å². The molecule has 0 fully saturated rings. The number of rotatable bonds is 6. The van der Waals surface area contributed by atoms with Gasteiger partial charge in [0.2, 0.25) is 12.7 Å². The summed E-state index contributed by atoms with van der Waals surface area (Å²) in [6, 6.07) is 14.1. The molecule has 1 aliphatic rings. The van der Waals surface area contributed by atoms with Crippen molar-refractivity contribution in [3.8, 4) is 11.5 Å². The summed E-state index contributed by atoms with van der Waals surface area (Å²) in [6.07, 6.45) is -0.639. The second-order valence-electron chi connectivity index (χ2n) is 5.83. The molecule has 7 heteroatoms. The highest BCUT2D eigenvalue weighted by molar-refractivity contribution is 5.85. The van der Waals surface area contributed by atoms with Gasteiger partial charge in [0.25, 0.3) is 0 Å². The second-order valence-corrected chi connectivity index (χ2v) is 5.83. The molecule has 0 spiro atoms. The van der Waals surface area contributed by atoms with E-state index in [1.165, 1.54) is 0 Å². The fourth-order valence-electron chi connectivity index (χ4n) is 2.40. The summed E-state index contributed by atoms with van der Waals surface area (Å²) in [5.41, 5.74) is 1.75. The van der Waals surface area contributed by atoms with E-state index < -0.39 is 12.1 Å². The van der Waals surface area contributed by atoms with E-state index >= 15 is 0 Å². The van der Waals surface area contributed by atoms with Gasteiger partial charge < -0.3 is 24.8 Å². The maximum Gasteiger partial charge on any atom is 0.408 e. The molecular formula is C19H20N2O5. The van der Waals surface area contributed by atoms with E-state index in [-0.39, 0.29) is 19.3 Å². The maximum atomic E-state index is 12.1. The number of benzene rings is 2. The fraction of sp³-hybridized carbons (Fsp3) is 0.263. The molecule has 26 heavy (non-hydrogen) atoms. The second kappa shape index (κ2) is 8.24. The van der Waals surface area contributed by atoms with Gasteiger partial charge in [0, 0.05) is 6.54 Å². The molecule has 0 saturated carbocycles. The molecule has 2 N–H and O–H groups in total. The van der Waals surface area contributed by atoms with E-state index in [0.717, 1.165) is 11.1 Å². The van der Waals surface area contributed by atoms with Crippen LogP contribution in [0.5, 0.6) is 11.5 Å². The van der Waals surface area contributed by atoms with E-state index in [9.17, 15) is 9.59 Å². The first-order chi connectivity index (χ1) is 12.6. The zero-order valence-electron chi connectivity index (χ0n) is 14.4. The summed E-state index contributed by atoms with van der Waals surface area (Å²) in [6.45, 7) is 2.27. The third-order valence-electron chi connectivity index (χ3n) is 3.84. The molecule has 2 aromatic carbocycles. The molecule has 1 atom stereocenters. The topological polar surface area (TPSA) is 85.9 Å². The fourth-order valence-corrected chi connectivity index (χ4v) is 2.40. The van der Waals surface area contributed by atoms with Gasteiger partial charge in [0.05, 0.1) is 0 Å². The van der Waals surface area contributed by atoms with Gasteiger partial charge in [0.1, 0.15) is 12.6 Å². The van der Waals surface area contributed by atoms with Crippen LogP contribution < -0.4 is 20.1 Å². The smallest absolute Gasteiger partial charge is 0.408 e. The first kappa shape index (κ1) is 17.6. The van der Waals surface area contributed by atoms with Crippen molar-refractivity contribution in [2.45, 2.75) is 26.1 Å². The Morgan fingerprint density at radius 2 is 1.85 bits per heavy atom. The molecule has 136 valence electrons. The van der Waals surface area contributed by atoms with E-state index in [1.807, 2.05) is 42.5 Å². The highest BCUT2D eigenvalue weighted by Crippen LogP contribution is 2.32. The Balaban J connectivity index is 1.42. The highest BCUT2D eigenvalue weighted by Gasteiger charge is 2.17. The number of fused-ring (bicyclic) bond motifs is 1. The van der Waals surface area contributed by atoms with Crippen molar-refractivity contribution in [2.75, 3.05) is 6.79 Å². The molecule has 0 bridgehead atoms. The van der Waals surface area contributed by atoms with Crippen molar-refractivity contribution in [1.82, 2.24) is 10.6 Å². The average molecular weight is 356 g/mol. The van der Waals surface area contributed by atoms with Crippen LogP contribution in [0.3, 0.4) is 0 Å². The summed E-state index contributed by atoms with van der Waals surface area (Å²) < 4.78 is 15.6. The van der Waals surface area contributed by atoms with Crippen LogP contribution in [0.15, 0.2) is 48.5 Å². The predicted molar refractivity (Wildman–Crippen MR) is 93.6 cm³/mol. The molecule has 3 rings (SSSR count). The maximum absolute atomic E-state index is 12.1.